The molecule has 5 nitrogen and oxygen atoms in total. The van der Waals surface area contributed by atoms with Crippen molar-refractivity contribution in [1.29, 1.82) is 5.26 Å². The molecule has 0 bridgehead atoms. The first-order valence-electron chi connectivity index (χ1n) is 6.12. The number of nitrogens with zero attached hydrogens (tertiary/aromatic N) is 2. The molecule has 0 saturated carbocycles. The molecule has 2 aromatic rings. The smallest absolute Gasteiger partial charge is 0.243 e. The van der Waals surface area contributed by atoms with Gasteiger partial charge in [0.1, 0.15) is 5.92 Å². The fourth-order valence-corrected chi connectivity index (χ4v) is 2.71. The number of aryl methyl sites for hydroxylation is 1. The van der Waals surface area contributed by atoms with Gasteiger partial charge < -0.3 is 5.32 Å². The molecule has 2 atom stereocenters. The molecule has 0 spiro atoms. The number of H-pyrrole nitrogens is 1. The highest BCUT2D eigenvalue weighted by Crippen LogP contribution is 2.41. The number of fused-ring (bicyclic) bond motifs is 1. The molecule has 1 aliphatic heterocycles. The van der Waals surface area contributed by atoms with Crippen molar-refractivity contribution in [3.63, 3.8) is 0 Å². The summed E-state index contributed by atoms with van der Waals surface area (Å²) in [5.74, 6) is -0.940. The Morgan fingerprint density at radius 2 is 2.05 bits per heavy atom. The number of aromatic nitrogens is 2. The number of rotatable bonds is 1. The van der Waals surface area contributed by atoms with Crippen LogP contribution < -0.4 is 5.32 Å². The number of halogens is 1. The van der Waals surface area contributed by atoms with Crippen molar-refractivity contribution < 1.29 is 4.79 Å². The second-order valence-electron chi connectivity index (χ2n) is 4.74. The summed E-state index contributed by atoms with van der Waals surface area (Å²) in [5.41, 5.74) is 2.58. The fourth-order valence-electron chi connectivity index (χ4n) is 2.59. The lowest BCUT2D eigenvalue weighted by Gasteiger charge is -2.27. The lowest BCUT2D eigenvalue weighted by atomic mass is 9.78. The van der Waals surface area contributed by atoms with E-state index >= 15 is 0 Å². The maximum absolute atomic E-state index is 12.0. The number of carbonyl (C=O) groups is 1. The van der Waals surface area contributed by atoms with Gasteiger partial charge in [-0.15, -0.1) is 0 Å². The molecule has 20 heavy (non-hydrogen) atoms. The first-order chi connectivity index (χ1) is 9.61. The summed E-state index contributed by atoms with van der Waals surface area (Å²) in [6.07, 6.45) is 0. The Morgan fingerprint density at radius 3 is 2.70 bits per heavy atom. The van der Waals surface area contributed by atoms with Crippen LogP contribution in [0.1, 0.15) is 22.7 Å². The van der Waals surface area contributed by atoms with Crippen LogP contribution in [0.3, 0.4) is 0 Å². The Kier molecular flexibility index (Phi) is 2.96. The summed E-state index contributed by atoms with van der Waals surface area (Å²) in [6, 6.07) is 9.28. The molecule has 0 saturated heterocycles. The maximum atomic E-state index is 12.0. The number of nitriles is 1. The van der Waals surface area contributed by atoms with Crippen LogP contribution in [0.5, 0.6) is 0 Å². The van der Waals surface area contributed by atoms with Crippen molar-refractivity contribution in [3.05, 3.63) is 46.1 Å². The standard InChI is InChI=1S/C14H11ClN4O/c1-7-11-12(8-2-4-9(15)5-3-8)10(6-16)14(20)17-13(11)19-18-7/h2-5,10,12H,1H3,(H2,17,18,19,20). The Bertz CT molecular complexity index is 714. The van der Waals surface area contributed by atoms with Gasteiger partial charge in [-0.2, -0.15) is 10.4 Å². The molecule has 1 aliphatic rings. The molecule has 1 aromatic carbocycles. The summed E-state index contributed by atoms with van der Waals surface area (Å²) < 4.78 is 0. The van der Waals surface area contributed by atoms with Crippen molar-refractivity contribution in [2.24, 2.45) is 5.92 Å². The minimum Gasteiger partial charge on any atom is -0.308 e. The van der Waals surface area contributed by atoms with E-state index in [4.69, 9.17) is 11.6 Å². The van der Waals surface area contributed by atoms with Crippen LogP contribution in [0.2, 0.25) is 5.02 Å². The van der Waals surface area contributed by atoms with E-state index in [2.05, 4.69) is 21.6 Å². The summed E-state index contributed by atoms with van der Waals surface area (Å²) in [6.45, 7) is 1.88. The number of benzene rings is 1. The van der Waals surface area contributed by atoms with Crippen molar-refractivity contribution in [3.8, 4) is 6.07 Å². The highest BCUT2D eigenvalue weighted by molar-refractivity contribution is 6.30. The molecule has 1 amide bonds. The van der Waals surface area contributed by atoms with Crippen molar-refractivity contribution >= 4 is 23.3 Å². The summed E-state index contributed by atoms with van der Waals surface area (Å²) >= 11 is 5.90. The normalized spacial score (nSPS) is 20.9. The zero-order valence-corrected chi connectivity index (χ0v) is 11.4. The molecule has 100 valence electrons. The number of hydrogen-bond donors (Lipinski definition) is 2. The highest BCUT2D eigenvalue weighted by Gasteiger charge is 2.39. The molecule has 2 unspecified atom stereocenters. The number of hydrogen-bond acceptors (Lipinski definition) is 3. The van der Waals surface area contributed by atoms with Gasteiger partial charge in [0.05, 0.1) is 6.07 Å². The van der Waals surface area contributed by atoms with Crippen LogP contribution in [-0.4, -0.2) is 16.1 Å². The molecule has 0 radical (unpaired) electrons. The Morgan fingerprint density at radius 1 is 1.35 bits per heavy atom. The Labute approximate surface area is 120 Å². The third kappa shape index (κ3) is 1.86. The van der Waals surface area contributed by atoms with Gasteiger partial charge in [0.15, 0.2) is 5.82 Å². The quantitative estimate of drug-likeness (QED) is 0.845. The van der Waals surface area contributed by atoms with Crippen LogP contribution in [-0.2, 0) is 4.79 Å². The first-order valence-corrected chi connectivity index (χ1v) is 6.50. The topological polar surface area (TPSA) is 81.6 Å². The lowest BCUT2D eigenvalue weighted by molar-refractivity contribution is -0.119. The first kappa shape index (κ1) is 12.7. The highest BCUT2D eigenvalue weighted by atomic mass is 35.5. The number of amides is 1. The van der Waals surface area contributed by atoms with E-state index in [0.717, 1.165) is 16.8 Å². The maximum Gasteiger partial charge on any atom is 0.243 e. The van der Waals surface area contributed by atoms with Crippen molar-refractivity contribution in [1.82, 2.24) is 10.2 Å². The summed E-state index contributed by atoms with van der Waals surface area (Å²) in [5, 5.41) is 19.5. The monoisotopic (exact) mass is 286 g/mol. The van der Waals surface area contributed by atoms with E-state index < -0.39 is 5.92 Å². The molecule has 1 aromatic heterocycles. The van der Waals surface area contributed by atoms with Crippen molar-refractivity contribution in [2.45, 2.75) is 12.8 Å². The molecule has 3 rings (SSSR count). The molecule has 6 heteroatoms. The predicted octanol–water partition coefficient (Wildman–Crippen LogP) is 2.60. The third-order valence-electron chi connectivity index (χ3n) is 3.53. The van der Waals surface area contributed by atoms with Crippen LogP contribution >= 0.6 is 11.6 Å². The molecule has 2 N–H and O–H groups in total. The van der Waals surface area contributed by atoms with Crippen LogP contribution in [0.25, 0.3) is 0 Å². The van der Waals surface area contributed by atoms with Gasteiger partial charge in [0.25, 0.3) is 0 Å². The van der Waals surface area contributed by atoms with Gasteiger partial charge in [0, 0.05) is 22.2 Å². The molecule has 0 fully saturated rings. The molecule has 2 heterocycles. The number of nitrogens with one attached hydrogen (secondary N) is 2. The molecular formula is C14H11ClN4O. The third-order valence-corrected chi connectivity index (χ3v) is 3.78. The summed E-state index contributed by atoms with van der Waals surface area (Å²) in [7, 11) is 0. The fraction of sp³-hybridized carbons (Fsp3) is 0.214. The number of aromatic amines is 1. The molecule has 0 aliphatic carbocycles. The van der Waals surface area contributed by atoms with Gasteiger partial charge in [0.2, 0.25) is 5.91 Å². The minimum atomic E-state index is -0.778. The van der Waals surface area contributed by atoms with Gasteiger partial charge in [-0.25, -0.2) is 0 Å². The Hall–Kier alpha value is -2.32. The number of anilines is 1. The van der Waals surface area contributed by atoms with E-state index in [9.17, 15) is 10.1 Å². The van der Waals surface area contributed by atoms with Gasteiger partial charge in [-0.1, -0.05) is 23.7 Å². The van der Waals surface area contributed by atoms with E-state index in [1.54, 1.807) is 12.1 Å². The molecular weight excluding hydrogens is 276 g/mol. The number of carbonyl (C=O) groups excluding carboxylic acids is 1. The van der Waals surface area contributed by atoms with E-state index in [0.29, 0.717) is 10.8 Å². The average Bonchev–Trinajstić information content (AvgIpc) is 2.79. The van der Waals surface area contributed by atoms with Crippen molar-refractivity contribution in [2.75, 3.05) is 5.32 Å². The SMILES string of the molecule is Cc1[nH]nc2c1C(c1ccc(Cl)cc1)C(C#N)C(=O)N2. The van der Waals surface area contributed by atoms with Gasteiger partial charge in [-0.3, -0.25) is 9.89 Å². The van der Waals surface area contributed by atoms with Crippen LogP contribution in [0.4, 0.5) is 5.82 Å². The van der Waals surface area contributed by atoms with Crippen LogP contribution in [0.15, 0.2) is 24.3 Å². The van der Waals surface area contributed by atoms with Gasteiger partial charge >= 0.3 is 0 Å². The van der Waals surface area contributed by atoms with E-state index in [1.807, 2.05) is 19.1 Å². The van der Waals surface area contributed by atoms with Crippen LogP contribution in [0, 0.1) is 24.2 Å². The second-order valence-corrected chi connectivity index (χ2v) is 5.17. The zero-order valence-electron chi connectivity index (χ0n) is 10.6. The zero-order chi connectivity index (χ0) is 14.3. The van der Waals surface area contributed by atoms with E-state index in [1.165, 1.54) is 0 Å². The second kappa shape index (κ2) is 4.66. The largest absolute Gasteiger partial charge is 0.308 e. The van der Waals surface area contributed by atoms with Gasteiger partial charge in [-0.05, 0) is 24.6 Å². The predicted molar refractivity (Wildman–Crippen MR) is 74.4 cm³/mol. The van der Waals surface area contributed by atoms with E-state index in [-0.39, 0.29) is 11.8 Å². The minimum absolute atomic E-state index is 0.327. The Balaban J connectivity index is 2.19. The lowest BCUT2D eigenvalue weighted by Crippen LogP contribution is -2.33. The summed E-state index contributed by atoms with van der Waals surface area (Å²) in [4.78, 5) is 12.0. The average molecular weight is 287 g/mol.